The van der Waals surface area contributed by atoms with Crippen molar-refractivity contribution < 1.29 is 9.53 Å². The zero-order chi connectivity index (χ0) is 5.98. The number of carbonyl (C=O) groups excluding carboxylic acids is 1. The van der Waals surface area contributed by atoms with Crippen molar-refractivity contribution in [2.75, 3.05) is 6.61 Å². The maximum atomic E-state index is 10.4. The summed E-state index contributed by atoms with van der Waals surface area (Å²) in [5.74, 6) is -0.0868. The minimum Gasteiger partial charge on any atom is -0.466 e. The summed E-state index contributed by atoms with van der Waals surface area (Å²) in [5.41, 5.74) is 0.344. The van der Waals surface area contributed by atoms with Gasteiger partial charge in [-0.1, -0.05) is 0 Å². The van der Waals surface area contributed by atoms with Crippen LogP contribution < -0.4 is 0 Å². The molecule has 43 valence electrons. The Morgan fingerprint density at radius 1 is 1.75 bits per heavy atom. The van der Waals surface area contributed by atoms with Crippen molar-refractivity contribution in [2.45, 2.75) is 18.4 Å². The third-order valence-electron chi connectivity index (χ3n) is 1.14. The lowest BCUT2D eigenvalue weighted by molar-refractivity contribution is -0.146. The maximum Gasteiger partial charge on any atom is 0.305 e. The van der Waals surface area contributed by atoms with Crippen LogP contribution in [0.1, 0.15) is 12.8 Å². The second-order valence-corrected chi connectivity index (χ2v) is 2.73. The smallest absolute Gasteiger partial charge is 0.305 e. The van der Waals surface area contributed by atoms with Gasteiger partial charge in [0.25, 0.3) is 0 Å². The van der Waals surface area contributed by atoms with E-state index in [2.05, 4.69) is 15.0 Å². The topological polar surface area (TPSA) is 26.3 Å². The highest BCUT2D eigenvalue weighted by Gasteiger charge is 2.15. The SMILES string of the molecule is O=C1CC([Si])CCO1. The zero-order valence-electron chi connectivity index (χ0n) is 4.52. The highest BCUT2D eigenvalue weighted by molar-refractivity contribution is 6.13. The molecule has 0 aliphatic carbocycles. The van der Waals surface area contributed by atoms with Crippen molar-refractivity contribution >= 4 is 16.2 Å². The maximum absolute atomic E-state index is 10.4. The van der Waals surface area contributed by atoms with Crippen LogP contribution in [0.3, 0.4) is 0 Å². The molecule has 1 aliphatic heterocycles. The van der Waals surface area contributed by atoms with Crippen molar-refractivity contribution in [2.24, 2.45) is 0 Å². The lowest BCUT2D eigenvalue weighted by Crippen LogP contribution is -2.16. The molecule has 0 amide bonds. The van der Waals surface area contributed by atoms with E-state index in [9.17, 15) is 4.79 Å². The van der Waals surface area contributed by atoms with E-state index in [0.717, 1.165) is 6.42 Å². The molecule has 1 rings (SSSR count). The van der Waals surface area contributed by atoms with E-state index in [4.69, 9.17) is 0 Å². The van der Waals surface area contributed by atoms with Gasteiger partial charge in [0.05, 0.1) is 6.61 Å². The molecule has 3 heteroatoms. The standard InChI is InChI=1S/C5H7O2Si/c6-5-3-4(8)1-2-7-5/h4H,1-3H2. The number of rotatable bonds is 0. The number of hydrogen-bond donors (Lipinski definition) is 0. The molecule has 1 unspecified atom stereocenters. The molecule has 1 fully saturated rings. The Bertz CT molecular complexity index is 103. The van der Waals surface area contributed by atoms with Gasteiger partial charge in [-0.3, -0.25) is 4.79 Å². The van der Waals surface area contributed by atoms with Gasteiger partial charge < -0.3 is 4.74 Å². The van der Waals surface area contributed by atoms with Gasteiger partial charge in [-0.25, -0.2) is 0 Å². The lowest BCUT2D eigenvalue weighted by Gasteiger charge is -2.15. The van der Waals surface area contributed by atoms with E-state index in [-0.39, 0.29) is 5.97 Å². The van der Waals surface area contributed by atoms with Gasteiger partial charge in [0.2, 0.25) is 0 Å². The molecule has 1 aliphatic rings. The average Bonchev–Trinajstić information content (AvgIpc) is 1.64. The summed E-state index contributed by atoms with van der Waals surface area (Å²) >= 11 is 0. The lowest BCUT2D eigenvalue weighted by atomic mass is 10.2. The minimum absolute atomic E-state index is 0.0868. The van der Waals surface area contributed by atoms with Crippen LogP contribution in [0.5, 0.6) is 0 Å². The molecule has 0 saturated carbocycles. The molecular formula is C5H7O2Si. The Balaban J connectivity index is 2.34. The third-order valence-corrected chi connectivity index (χ3v) is 1.64. The predicted molar refractivity (Wildman–Crippen MR) is 29.7 cm³/mol. The molecule has 2 nitrogen and oxygen atoms in total. The van der Waals surface area contributed by atoms with Crippen LogP contribution in [0.2, 0.25) is 5.54 Å². The van der Waals surface area contributed by atoms with Gasteiger partial charge in [-0.2, -0.15) is 0 Å². The fourth-order valence-electron chi connectivity index (χ4n) is 0.677. The highest BCUT2D eigenvalue weighted by Crippen LogP contribution is 2.16. The van der Waals surface area contributed by atoms with Crippen LogP contribution in [0.15, 0.2) is 0 Å². The van der Waals surface area contributed by atoms with Gasteiger partial charge in [-0.05, 0) is 12.0 Å². The number of ether oxygens (including phenoxy) is 1. The largest absolute Gasteiger partial charge is 0.466 e. The van der Waals surface area contributed by atoms with Crippen molar-refractivity contribution in [3.63, 3.8) is 0 Å². The molecule has 3 radical (unpaired) electrons. The monoisotopic (exact) mass is 127 g/mol. The van der Waals surface area contributed by atoms with Crippen molar-refractivity contribution in [1.82, 2.24) is 0 Å². The van der Waals surface area contributed by atoms with Gasteiger partial charge in [-0.15, -0.1) is 0 Å². The molecule has 1 saturated heterocycles. The van der Waals surface area contributed by atoms with Crippen LogP contribution in [-0.2, 0) is 9.53 Å². The van der Waals surface area contributed by atoms with Crippen molar-refractivity contribution in [3.8, 4) is 0 Å². The third kappa shape index (κ3) is 1.33. The molecule has 0 bridgehead atoms. The number of carbonyl (C=O) groups is 1. The fourth-order valence-corrected chi connectivity index (χ4v) is 0.962. The highest BCUT2D eigenvalue weighted by atomic mass is 28.1. The van der Waals surface area contributed by atoms with E-state index in [1.54, 1.807) is 0 Å². The number of cyclic esters (lactones) is 1. The molecular weight excluding hydrogens is 120 g/mol. The van der Waals surface area contributed by atoms with Crippen LogP contribution in [0.4, 0.5) is 0 Å². The molecule has 0 aromatic heterocycles. The first-order valence-electron chi connectivity index (χ1n) is 2.66. The Morgan fingerprint density at radius 2 is 2.50 bits per heavy atom. The molecule has 0 aromatic carbocycles. The first-order chi connectivity index (χ1) is 3.79. The summed E-state index contributed by atoms with van der Waals surface area (Å²) in [5, 5.41) is 0. The quantitative estimate of drug-likeness (QED) is 0.345. The van der Waals surface area contributed by atoms with Gasteiger partial charge >= 0.3 is 5.97 Å². The summed E-state index contributed by atoms with van der Waals surface area (Å²) in [6, 6.07) is 0. The minimum atomic E-state index is -0.0868. The van der Waals surface area contributed by atoms with Crippen molar-refractivity contribution in [3.05, 3.63) is 0 Å². The van der Waals surface area contributed by atoms with E-state index in [1.807, 2.05) is 0 Å². The molecule has 0 spiro atoms. The van der Waals surface area contributed by atoms with Crippen LogP contribution in [-0.4, -0.2) is 22.8 Å². The second-order valence-electron chi connectivity index (χ2n) is 1.91. The summed E-state index contributed by atoms with van der Waals surface area (Å²) < 4.78 is 4.68. The first kappa shape index (κ1) is 5.82. The number of esters is 1. The summed E-state index contributed by atoms with van der Waals surface area (Å²) in [6.07, 6.45) is 1.47. The molecule has 8 heavy (non-hydrogen) atoms. The normalized spacial score (nSPS) is 29.6. The Kier molecular flexibility index (Phi) is 1.68. The van der Waals surface area contributed by atoms with E-state index in [1.165, 1.54) is 0 Å². The summed E-state index contributed by atoms with van der Waals surface area (Å²) in [6.45, 7) is 0.576. The molecule has 1 atom stereocenters. The average molecular weight is 127 g/mol. The van der Waals surface area contributed by atoms with Crippen molar-refractivity contribution in [1.29, 1.82) is 0 Å². The first-order valence-corrected chi connectivity index (χ1v) is 3.23. The Morgan fingerprint density at radius 3 is 2.88 bits per heavy atom. The predicted octanol–water partition coefficient (Wildman–Crippen LogP) is 0.280. The molecule has 1 heterocycles. The molecule has 0 aromatic rings. The van der Waals surface area contributed by atoms with Crippen LogP contribution >= 0.6 is 0 Å². The second kappa shape index (κ2) is 2.30. The molecule has 0 N–H and O–H groups in total. The zero-order valence-corrected chi connectivity index (χ0v) is 5.52. The summed E-state index contributed by atoms with van der Waals surface area (Å²) in [7, 11) is 3.37. The Labute approximate surface area is 51.6 Å². The van der Waals surface area contributed by atoms with E-state index >= 15 is 0 Å². The van der Waals surface area contributed by atoms with E-state index < -0.39 is 0 Å². The van der Waals surface area contributed by atoms with Gasteiger partial charge in [0.1, 0.15) is 0 Å². The number of hydrogen-bond acceptors (Lipinski definition) is 2. The van der Waals surface area contributed by atoms with Gasteiger partial charge in [0, 0.05) is 16.7 Å². The Hall–Kier alpha value is -0.313. The van der Waals surface area contributed by atoms with Crippen LogP contribution in [0.25, 0.3) is 0 Å². The fraction of sp³-hybridized carbons (Fsp3) is 0.800. The van der Waals surface area contributed by atoms with Crippen LogP contribution in [0, 0.1) is 0 Å². The van der Waals surface area contributed by atoms with Gasteiger partial charge in [0.15, 0.2) is 0 Å². The summed E-state index contributed by atoms with van der Waals surface area (Å²) in [4.78, 5) is 10.4. The van der Waals surface area contributed by atoms with E-state index in [0.29, 0.717) is 18.6 Å².